The highest BCUT2D eigenvalue weighted by atomic mass is 15.3. The van der Waals surface area contributed by atoms with Crippen molar-refractivity contribution in [2.75, 3.05) is 5.73 Å². The van der Waals surface area contributed by atoms with Crippen molar-refractivity contribution in [3.05, 3.63) is 48.2 Å². The lowest BCUT2D eigenvalue weighted by Crippen LogP contribution is -1.99. The lowest BCUT2D eigenvalue weighted by Gasteiger charge is -1.99. The van der Waals surface area contributed by atoms with Crippen LogP contribution in [0.25, 0.3) is 16.9 Å². The van der Waals surface area contributed by atoms with Gasteiger partial charge in [-0.15, -0.1) is 0 Å². The van der Waals surface area contributed by atoms with Crippen LogP contribution in [0.15, 0.2) is 42.5 Å². The lowest BCUT2D eigenvalue weighted by atomic mass is 10.2. The smallest absolute Gasteiger partial charge is 0.158 e. The van der Waals surface area contributed by atoms with E-state index in [-0.39, 0.29) is 0 Å². The zero-order valence-corrected chi connectivity index (χ0v) is 9.46. The summed E-state index contributed by atoms with van der Waals surface area (Å²) >= 11 is 0. The molecule has 84 valence electrons. The first-order chi connectivity index (χ1) is 8.24. The van der Waals surface area contributed by atoms with Gasteiger partial charge in [-0.05, 0) is 6.92 Å². The van der Waals surface area contributed by atoms with Crippen LogP contribution in [0.1, 0.15) is 5.69 Å². The molecule has 2 heterocycles. The van der Waals surface area contributed by atoms with E-state index in [2.05, 4.69) is 10.1 Å². The lowest BCUT2D eigenvalue weighted by molar-refractivity contribution is 0.901. The van der Waals surface area contributed by atoms with Crippen LogP contribution in [-0.4, -0.2) is 14.6 Å². The Morgan fingerprint density at radius 3 is 2.65 bits per heavy atom. The average molecular weight is 224 g/mol. The molecule has 4 nitrogen and oxygen atoms in total. The van der Waals surface area contributed by atoms with Crippen molar-refractivity contribution in [2.24, 2.45) is 0 Å². The maximum absolute atomic E-state index is 5.72. The quantitative estimate of drug-likeness (QED) is 0.690. The summed E-state index contributed by atoms with van der Waals surface area (Å²) < 4.78 is 1.80. The first-order valence-electron chi connectivity index (χ1n) is 5.42. The molecular weight excluding hydrogens is 212 g/mol. The Morgan fingerprint density at radius 2 is 1.88 bits per heavy atom. The van der Waals surface area contributed by atoms with Gasteiger partial charge < -0.3 is 5.73 Å². The van der Waals surface area contributed by atoms with E-state index >= 15 is 0 Å². The number of aromatic nitrogens is 3. The van der Waals surface area contributed by atoms with Gasteiger partial charge in [0.1, 0.15) is 5.82 Å². The Kier molecular flexibility index (Phi) is 2.08. The predicted octanol–water partition coefficient (Wildman–Crippen LogP) is 2.29. The van der Waals surface area contributed by atoms with Gasteiger partial charge in [-0.2, -0.15) is 5.10 Å². The molecule has 0 unspecified atom stereocenters. The van der Waals surface area contributed by atoms with Crippen molar-refractivity contribution in [2.45, 2.75) is 6.92 Å². The fourth-order valence-corrected chi connectivity index (χ4v) is 1.90. The van der Waals surface area contributed by atoms with Gasteiger partial charge in [0.2, 0.25) is 0 Å². The van der Waals surface area contributed by atoms with Crippen LogP contribution in [0.5, 0.6) is 0 Å². The molecule has 0 aliphatic carbocycles. The Bertz CT molecular complexity index is 670. The monoisotopic (exact) mass is 224 g/mol. The SMILES string of the molecule is Cc1cc(N)nc2cc(-c3ccccc3)nn12. The molecule has 17 heavy (non-hydrogen) atoms. The highest BCUT2D eigenvalue weighted by Gasteiger charge is 2.07. The summed E-state index contributed by atoms with van der Waals surface area (Å²) in [6.45, 7) is 1.97. The highest BCUT2D eigenvalue weighted by Crippen LogP contribution is 2.19. The Labute approximate surface area is 98.7 Å². The third-order valence-electron chi connectivity index (χ3n) is 2.69. The van der Waals surface area contributed by atoms with E-state index < -0.39 is 0 Å². The zero-order chi connectivity index (χ0) is 11.8. The fraction of sp³-hybridized carbons (Fsp3) is 0.0769. The van der Waals surface area contributed by atoms with E-state index in [1.54, 1.807) is 4.52 Å². The van der Waals surface area contributed by atoms with E-state index in [1.807, 2.05) is 49.4 Å². The summed E-state index contributed by atoms with van der Waals surface area (Å²) in [5.74, 6) is 0.523. The number of hydrogen-bond donors (Lipinski definition) is 1. The number of aryl methyl sites for hydroxylation is 1. The van der Waals surface area contributed by atoms with Crippen LogP contribution < -0.4 is 5.73 Å². The first kappa shape index (κ1) is 9.84. The van der Waals surface area contributed by atoms with E-state index in [0.717, 1.165) is 22.6 Å². The molecular formula is C13H12N4. The molecule has 0 atom stereocenters. The molecule has 1 aromatic carbocycles. The van der Waals surface area contributed by atoms with E-state index in [9.17, 15) is 0 Å². The van der Waals surface area contributed by atoms with Gasteiger partial charge in [0.25, 0.3) is 0 Å². The molecule has 3 rings (SSSR count). The average Bonchev–Trinajstić information content (AvgIpc) is 2.74. The zero-order valence-electron chi connectivity index (χ0n) is 9.46. The number of fused-ring (bicyclic) bond motifs is 1. The molecule has 2 N–H and O–H groups in total. The highest BCUT2D eigenvalue weighted by molar-refractivity contribution is 5.64. The molecule has 0 bridgehead atoms. The molecule has 0 saturated carbocycles. The Balaban J connectivity index is 2.24. The summed E-state index contributed by atoms with van der Waals surface area (Å²) in [6.07, 6.45) is 0. The number of nitrogens with two attached hydrogens (primary N) is 1. The van der Waals surface area contributed by atoms with Crippen LogP contribution in [0.4, 0.5) is 5.82 Å². The van der Waals surface area contributed by atoms with Crippen molar-refractivity contribution in [3.63, 3.8) is 0 Å². The van der Waals surface area contributed by atoms with Crippen LogP contribution in [0, 0.1) is 6.92 Å². The number of anilines is 1. The van der Waals surface area contributed by atoms with E-state index in [0.29, 0.717) is 5.82 Å². The predicted molar refractivity (Wildman–Crippen MR) is 67.6 cm³/mol. The second-order valence-corrected chi connectivity index (χ2v) is 3.99. The number of benzene rings is 1. The van der Waals surface area contributed by atoms with Crippen molar-refractivity contribution < 1.29 is 0 Å². The van der Waals surface area contributed by atoms with Crippen molar-refractivity contribution in [1.82, 2.24) is 14.6 Å². The Morgan fingerprint density at radius 1 is 1.12 bits per heavy atom. The molecule has 0 fully saturated rings. The van der Waals surface area contributed by atoms with Gasteiger partial charge in [-0.1, -0.05) is 30.3 Å². The number of nitrogens with zero attached hydrogens (tertiary/aromatic N) is 3. The Hall–Kier alpha value is -2.36. The molecule has 0 saturated heterocycles. The summed E-state index contributed by atoms with van der Waals surface area (Å²) in [7, 11) is 0. The molecule has 3 aromatic rings. The second kappa shape index (κ2) is 3.59. The van der Waals surface area contributed by atoms with E-state index in [4.69, 9.17) is 5.73 Å². The molecule has 2 aromatic heterocycles. The molecule has 4 heteroatoms. The normalized spacial score (nSPS) is 10.9. The number of hydrogen-bond acceptors (Lipinski definition) is 3. The number of rotatable bonds is 1. The molecule has 0 spiro atoms. The van der Waals surface area contributed by atoms with E-state index in [1.165, 1.54) is 0 Å². The van der Waals surface area contributed by atoms with Crippen LogP contribution >= 0.6 is 0 Å². The van der Waals surface area contributed by atoms with Gasteiger partial charge in [0, 0.05) is 23.4 Å². The summed E-state index contributed by atoms with van der Waals surface area (Å²) in [5, 5.41) is 4.52. The summed E-state index contributed by atoms with van der Waals surface area (Å²) in [4.78, 5) is 4.26. The largest absolute Gasteiger partial charge is 0.384 e. The third-order valence-corrected chi connectivity index (χ3v) is 2.69. The standard InChI is InChI=1S/C13H12N4/c1-9-7-12(14)15-13-8-11(16-17(9)13)10-5-3-2-4-6-10/h2-8H,1H3,(H2,14,15). The maximum atomic E-state index is 5.72. The molecule has 0 amide bonds. The van der Waals surface area contributed by atoms with Gasteiger partial charge in [0.15, 0.2) is 5.65 Å². The minimum atomic E-state index is 0.523. The van der Waals surface area contributed by atoms with Crippen molar-refractivity contribution in [1.29, 1.82) is 0 Å². The fourth-order valence-electron chi connectivity index (χ4n) is 1.90. The van der Waals surface area contributed by atoms with Crippen molar-refractivity contribution in [3.8, 4) is 11.3 Å². The topological polar surface area (TPSA) is 56.2 Å². The van der Waals surface area contributed by atoms with Crippen molar-refractivity contribution >= 4 is 11.5 Å². The summed E-state index contributed by atoms with van der Waals surface area (Å²) in [6, 6.07) is 13.8. The first-order valence-corrected chi connectivity index (χ1v) is 5.42. The molecule has 0 radical (unpaired) electrons. The minimum Gasteiger partial charge on any atom is -0.384 e. The minimum absolute atomic E-state index is 0.523. The molecule has 0 aliphatic heterocycles. The van der Waals surface area contributed by atoms with Gasteiger partial charge >= 0.3 is 0 Å². The van der Waals surface area contributed by atoms with Gasteiger partial charge in [-0.3, -0.25) is 0 Å². The van der Waals surface area contributed by atoms with Gasteiger partial charge in [-0.25, -0.2) is 9.50 Å². The van der Waals surface area contributed by atoms with Crippen LogP contribution in [0.3, 0.4) is 0 Å². The van der Waals surface area contributed by atoms with Gasteiger partial charge in [0.05, 0.1) is 5.69 Å². The number of nitrogen functional groups attached to an aromatic ring is 1. The third kappa shape index (κ3) is 1.63. The van der Waals surface area contributed by atoms with Crippen LogP contribution in [0.2, 0.25) is 0 Å². The van der Waals surface area contributed by atoms with Crippen LogP contribution in [-0.2, 0) is 0 Å². The molecule has 0 aliphatic rings. The second-order valence-electron chi connectivity index (χ2n) is 3.99. The maximum Gasteiger partial charge on any atom is 0.158 e. The summed E-state index contributed by atoms with van der Waals surface area (Å²) in [5.41, 5.74) is 9.47.